The Labute approximate surface area is 148 Å². The summed E-state index contributed by atoms with van der Waals surface area (Å²) in [6, 6.07) is 16.9. The van der Waals surface area contributed by atoms with Crippen LogP contribution in [0.4, 0.5) is 5.82 Å². The summed E-state index contributed by atoms with van der Waals surface area (Å²) in [5, 5.41) is 13.6. The predicted molar refractivity (Wildman–Crippen MR) is 98.1 cm³/mol. The van der Waals surface area contributed by atoms with Crippen LogP contribution < -0.4 is 10.2 Å². The second-order valence-electron chi connectivity index (χ2n) is 5.38. The highest BCUT2D eigenvalue weighted by Gasteiger charge is 2.11. The van der Waals surface area contributed by atoms with Gasteiger partial charge in [0, 0.05) is 5.39 Å². The Morgan fingerprint density at radius 1 is 1.15 bits per heavy atom. The minimum Gasteiger partial charge on any atom is -0.479 e. The number of nitriles is 1. The topological polar surface area (TPSA) is 96.3 Å². The second-order valence-corrected chi connectivity index (χ2v) is 5.38. The summed E-state index contributed by atoms with van der Waals surface area (Å²) in [6.07, 6.45) is 3.13. The quantitative estimate of drug-likeness (QED) is 0.438. The molecule has 0 unspecified atom stereocenters. The van der Waals surface area contributed by atoms with Gasteiger partial charge in [-0.05, 0) is 42.0 Å². The van der Waals surface area contributed by atoms with Crippen LogP contribution in [-0.2, 0) is 0 Å². The Bertz CT molecular complexity index is 1130. The van der Waals surface area contributed by atoms with Gasteiger partial charge >= 0.3 is 0 Å². The van der Waals surface area contributed by atoms with Gasteiger partial charge in [0.15, 0.2) is 18.0 Å². The van der Waals surface area contributed by atoms with Crippen LogP contribution in [0.1, 0.15) is 5.56 Å². The molecule has 1 N–H and O–H groups in total. The number of furan rings is 1. The molecule has 4 rings (SSSR count). The highest BCUT2D eigenvalue weighted by Crippen LogP contribution is 2.30. The third-order valence-electron chi connectivity index (χ3n) is 3.73. The highest BCUT2D eigenvalue weighted by atomic mass is 16.5. The van der Waals surface area contributed by atoms with Crippen LogP contribution in [0.15, 0.2) is 64.4 Å². The van der Waals surface area contributed by atoms with Gasteiger partial charge in [-0.15, -0.1) is 0 Å². The molecule has 0 spiro atoms. The van der Waals surface area contributed by atoms with Gasteiger partial charge in [-0.2, -0.15) is 10.4 Å². The number of fused-ring (bicyclic) bond motifs is 3. The Kier molecular flexibility index (Phi) is 4.14. The van der Waals surface area contributed by atoms with Gasteiger partial charge in [0.2, 0.25) is 0 Å². The summed E-state index contributed by atoms with van der Waals surface area (Å²) in [5.41, 5.74) is 5.83. The van der Waals surface area contributed by atoms with E-state index >= 15 is 0 Å². The van der Waals surface area contributed by atoms with Crippen molar-refractivity contribution >= 4 is 34.1 Å². The first-order chi connectivity index (χ1) is 12.8. The number of hydrogen-bond acceptors (Lipinski definition) is 7. The van der Waals surface area contributed by atoms with E-state index in [1.165, 1.54) is 6.33 Å². The number of para-hydroxylation sites is 1. The number of ether oxygens (including phenoxy) is 1. The Morgan fingerprint density at radius 2 is 2.00 bits per heavy atom. The van der Waals surface area contributed by atoms with Gasteiger partial charge in [-0.3, -0.25) is 5.43 Å². The van der Waals surface area contributed by atoms with E-state index in [1.54, 1.807) is 18.3 Å². The summed E-state index contributed by atoms with van der Waals surface area (Å²) in [5.74, 6) is 1.13. The lowest BCUT2D eigenvalue weighted by atomic mass is 10.2. The molecule has 0 aliphatic carbocycles. The molecule has 0 aliphatic heterocycles. The fourth-order valence-electron chi connectivity index (χ4n) is 2.54. The summed E-state index contributed by atoms with van der Waals surface area (Å²) < 4.78 is 11.0. The summed E-state index contributed by atoms with van der Waals surface area (Å²) in [6.45, 7) is 0.0240. The van der Waals surface area contributed by atoms with E-state index in [-0.39, 0.29) is 6.61 Å². The largest absolute Gasteiger partial charge is 0.479 e. The number of hydrazone groups is 1. The molecule has 0 bridgehead atoms. The van der Waals surface area contributed by atoms with Crippen LogP contribution >= 0.6 is 0 Å². The van der Waals surface area contributed by atoms with Crippen molar-refractivity contribution in [3.63, 3.8) is 0 Å². The summed E-state index contributed by atoms with van der Waals surface area (Å²) in [7, 11) is 0. The van der Waals surface area contributed by atoms with E-state index < -0.39 is 0 Å². The average molecular weight is 343 g/mol. The number of nitrogens with zero attached hydrogens (tertiary/aromatic N) is 4. The van der Waals surface area contributed by atoms with Gasteiger partial charge < -0.3 is 9.15 Å². The molecule has 0 aliphatic rings. The molecule has 2 heterocycles. The van der Waals surface area contributed by atoms with Crippen molar-refractivity contribution in [1.29, 1.82) is 5.26 Å². The first-order valence-electron chi connectivity index (χ1n) is 7.86. The van der Waals surface area contributed by atoms with Gasteiger partial charge in [-0.1, -0.05) is 12.1 Å². The van der Waals surface area contributed by atoms with Crippen LogP contribution in [-0.4, -0.2) is 22.8 Å². The van der Waals surface area contributed by atoms with Crippen molar-refractivity contribution < 1.29 is 9.15 Å². The number of anilines is 1. The average Bonchev–Trinajstić information content (AvgIpc) is 3.07. The predicted octanol–water partition coefficient (Wildman–Crippen LogP) is 3.72. The maximum atomic E-state index is 8.51. The number of nitrogens with one attached hydrogen (secondary N) is 1. The number of hydrogen-bond donors (Lipinski definition) is 1. The molecule has 4 aromatic rings. The second kappa shape index (κ2) is 6.91. The minimum atomic E-state index is 0.0240. The zero-order chi connectivity index (χ0) is 17.8. The van der Waals surface area contributed by atoms with Crippen LogP contribution in [0.2, 0.25) is 0 Å². The molecule has 0 fully saturated rings. The number of benzene rings is 2. The smallest absolute Gasteiger partial charge is 0.197 e. The SMILES string of the molecule is N#CCOc1ccc(/C=N\Nc2ncnc3c2oc2ccccc23)cc1. The molecule has 26 heavy (non-hydrogen) atoms. The van der Waals surface area contributed by atoms with Crippen molar-refractivity contribution in [1.82, 2.24) is 9.97 Å². The number of aromatic nitrogens is 2. The van der Waals surface area contributed by atoms with E-state index in [2.05, 4.69) is 20.5 Å². The molecule has 7 nitrogen and oxygen atoms in total. The first-order valence-corrected chi connectivity index (χ1v) is 7.86. The van der Waals surface area contributed by atoms with Gasteiger partial charge in [0.05, 0.1) is 6.21 Å². The molecule has 0 saturated carbocycles. The lowest BCUT2D eigenvalue weighted by Crippen LogP contribution is -1.95. The molecule has 126 valence electrons. The van der Waals surface area contributed by atoms with Crippen molar-refractivity contribution in [2.45, 2.75) is 0 Å². The molecule has 0 amide bonds. The third-order valence-corrected chi connectivity index (χ3v) is 3.73. The molecular weight excluding hydrogens is 330 g/mol. The van der Waals surface area contributed by atoms with Gasteiger partial charge in [0.25, 0.3) is 0 Å². The lowest BCUT2D eigenvalue weighted by molar-refractivity contribution is 0.368. The molecule has 0 saturated heterocycles. The standard InChI is InChI=1S/C19H13N5O2/c20-9-10-25-14-7-5-13(6-8-14)11-23-24-19-18-17(21-12-22-19)15-3-1-2-4-16(15)26-18/h1-8,11-12H,10H2,(H,21,22,24)/b23-11-. The zero-order valence-electron chi connectivity index (χ0n) is 13.6. The molecule has 2 aromatic carbocycles. The molecular formula is C19H13N5O2. The van der Waals surface area contributed by atoms with E-state index in [4.69, 9.17) is 14.4 Å². The lowest BCUT2D eigenvalue weighted by Gasteiger charge is -2.01. The molecule has 7 heteroatoms. The molecule has 0 radical (unpaired) electrons. The fraction of sp³-hybridized carbons (Fsp3) is 0.0526. The maximum Gasteiger partial charge on any atom is 0.197 e. The maximum absolute atomic E-state index is 8.51. The van der Waals surface area contributed by atoms with Crippen LogP contribution in [0.3, 0.4) is 0 Å². The van der Waals surface area contributed by atoms with E-state index in [9.17, 15) is 0 Å². The fourth-order valence-corrected chi connectivity index (χ4v) is 2.54. The summed E-state index contributed by atoms with van der Waals surface area (Å²) >= 11 is 0. The van der Waals surface area contributed by atoms with E-state index in [1.807, 2.05) is 42.5 Å². The van der Waals surface area contributed by atoms with Gasteiger partial charge in [0.1, 0.15) is 29.2 Å². The van der Waals surface area contributed by atoms with Gasteiger partial charge in [-0.25, -0.2) is 9.97 Å². The zero-order valence-corrected chi connectivity index (χ0v) is 13.6. The summed E-state index contributed by atoms with van der Waals surface area (Å²) in [4.78, 5) is 8.50. The molecule has 0 atom stereocenters. The normalized spacial score (nSPS) is 11.0. The van der Waals surface area contributed by atoms with Crippen LogP contribution in [0, 0.1) is 11.3 Å². The number of rotatable bonds is 5. The van der Waals surface area contributed by atoms with Crippen LogP contribution in [0.25, 0.3) is 22.1 Å². The highest BCUT2D eigenvalue weighted by molar-refractivity contribution is 6.05. The van der Waals surface area contributed by atoms with Crippen molar-refractivity contribution in [2.75, 3.05) is 12.0 Å². The minimum absolute atomic E-state index is 0.0240. The van der Waals surface area contributed by atoms with Crippen molar-refractivity contribution in [2.24, 2.45) is 5.10 Å². The Morgan fingerprint density at radius 3 is 2.85 bits per heavy atom. The Hall–Kier alpha value is -3.92. The van der Waals surface area contributed by atoms with Crippen molar-refractivity contribution in [3.8, 4) is 11.8 Å². The van der Waals surface area contributed by atoms with E-state index in [0.29, 0.717) is 17.2 Å². The van der Waals surface area contributed by atoms with Crippen molar-refractivity contribution in [3.05, 3.63) is 60.4 Å². The first kappa shape index (κ1) is 15.6. The third kappa shape index (κ3) is 3.03. The van der Waals surface area contributed by atoms with Crippen LogP contribution in [0.5, 0.6) is 5.75 Å². The Balaban J connectivity index is 1.54. The molecule has 2 aromatic heterocycles. The van der Waals surface area contributed by atoms with E-state index in [0.717, 1.165) is 22.0 Å². The monoisotopic (exact) mass is 343 g/mol.